The molecule has 1 aromatic heterocycles. The van der Waals surface area contributed by atoms with Crippen LogP contribution in [0.4, 0.5) is 5.82 Å². The quantitative estimate of drug-likeness (QED) is 0.877. The van der Waals surface area contributed by atoms with Crippen LogP contribution in [0, 0.1) is 0 Å². The van der Waals surface area contributed by atoms with Gasteiger partial charge < -0.3 is 10.1 Å². The summed E-state index contributed by atoms with van der Waals surface area (Å²) in [5.41, 5.74) is 0.896. The number of methoxy groups -OCH3 is 1. The molecule has 20 heavy (non-hydrogen) atoms. The van der Waals surface area contributed by atoms with Gasteiger partial charge in [-0.05, 0) is 35.9 Å². The van der Waals surface area contributed by atoms with E-state index in [1.807, 2.05) is 24.3 Å². The standard InChI is InChI=1S/C15H13ClN2O2/c1-20-12-7-4-11(5-8-12)6-9-14(19)18-15-13(16)3-2-10-17-15/h2-10H,1H3,(H,17,18,19)/b9-6+. The molecular weight excluding hydrogens is 276 g/mol. The molecule has 1 N–H and O–H groups in total. The number of aromatic nitrogens is 1. The molecule has 4 nitrogen and oxygen atoms in total. The number of halogens is 1. The molecule has 0 unspecified atom stereocenters. The van der Waals surface area contributed by atoms with Crippen LogP contribution in [0.25, 0.3) is 6.08 Å². The molecule has 0 saturated heterocycles. The van der Waals surface area contributed by atoms with Gasteiger partial charge in [-0.15, -0.1) is 0 Å². The minimum atomic E-state index is -0.290. The highest BCUT2D eigenvalue weighted by Crippen LogP contribution is 2.17. The van der Waals surface area contributed by atoms with E-state index in [-0.39, 0.29) is 5.91 Å². The minimum absolute atomic E-state index is 0.290. The molecule has 1 heterocycles. The van der Waals surface area contributed by atoms with Gasteiger partial charge in [0.15, 0.2) is 5.82 Å². The van der Waals surface area contributed by atoms with Gasteiger partial charge in [0.1, 0.15) is 5.75 Å². The SMILES string of the molecule is COc1ccc(/C=C/C(=O)Nc2ncccc2Cl)cc1. The second-order valence-electron chi connectivity index (χ2n) is 3.93. The summed E-state index contributed by atoms with van der Waals surface area (Å²) >= 11 is 5.90. The monoisotopic (exact) mass is 288 g/mol. The van der Waals surface area contributed by atoms with Crippen LogP contribution in [0.1, 0.15) is 5.56 Å². The summed E-state index contributed by atoms with van der Waals surface area (Å²) in [6.45, 7) is 0. The van der Waals surface area contributed by atoms with Gasteiger partial charge in [-0.25, -0.2) is 4.98 Å². The van der Waals surface area contributed by atoms with Crippen LogP contribution in [-0.4, -0.2) is 18.0 Å². The predicted octanol–water partition coefficient (Wildman–Crippen LogP) is 3.40. The average Bonchev–Trinajstić information content (AvgIpc) is 2.48. The lowest BCUT2D eigenvalue weighted by Crippen LogP contribution is -2.09. The van der Waals surface area contributed by atoms with Crippen LogP contribution in [0.2, 0.25) is 5.02 Å². The third-order valence-corrected chi connectivity index (χ3v) is 2.85. The van der Waals surface area contributed by atoms with Gasteiger partial charge in [0.25, 0.3) is 0 Å². The van der Waals surface area contributed by atoms with Crippen LogP contribution in [0.15, 0.2) is 48.7 Å². The maximum absolute atomic E-state index is 11.7. The zero-order chi connectivity index (χ0) is 14.4. The van der Waals surface area contributed by atoms with Crippen molar-refractivity contribution in [2.75, 3.05) is 12.4 Å². The Morgan fingerprint density at radius 1 is 1.30 bits per heavy atom. The number of amides is 1. The molecule has 1 aromatic carbocycles. The van der Waals surface area contributed by atoms with Gasteiger partial charge in [-0.3, -0.25) is 4.79 Å². The van der Waals surface area contributed by atoms with Crippen molar-refractivity contribution in [1.82, 2.24) is 4.98 Å². The summed E-state index contributed by atoms with van der Waals surface area (Å²) in [6.07, 6.45) is 4.69. The zero-order valence-corrected chi connectivity index (χ0v) is 11.6. The van der Waals surface area contributed by atoms with Crippen molar-refractivity contribution < 1.29 is 9.53 Å². The molecule has 0 aliphatic carbocycles. The van der Waals surface area contributed by atoms with E-state index >= 15 is 0 Å². The Labute approximate surface area is 122 Å². The lowest BCUT2D eigenvalue weighted by atomic mass is 10.2. The Morgan fingerprint density at radius 2 is 2.05 bits per heavy atom. The van der Waals surface area contributed by atoms with Gasteiger partial charge in [0.05, 0.1) is 12.1 Å². The summed E-state index contributed by atoms with van der Waals surface area (Å²) in [6, 6.07) is 10.7. The number of nitrogens with zero attached hydrogens (tertiary/aromatic N) is 1. The normalized spacial score (nSPS) is 10.5. The van der Waals surface area contributed by atoms with E-state index in [1.165, 1.54) is 6.08 Å². The maximum atomic E-state index is 11.7. The van der Waals surface area contributed by atoms with Crippen LogP contribution >= 0.6 is 11.6 Å². The van der Waals surface area contributed by atoms with Crippen molar-refractivity contribution in [2.45, 2.75) is 0 Å². The lowest BCUT2D eigenvalue weighted by molar-refractivity contribution is -0.111. The van der Waals surface area contributed by atoms with Gasteiger partial charge >= 0.3 is 0 Å². The van der Waals surface area contributed by atoms with E-state index in [0.29, 0.717) is 10.8 Å². The molecule has 102 valence electrons. The molecular formula is C15H13ClN2O2. The summed E-state index contributed by atoms with van der Waals surface area (Å²) in [7, 11) is 1.61. The molecule has 5 heteroatoms. The van der Waals surface area contributed by atoms with E-state index in [4.69, 9.17) is 16.3 Å². The summed E-state index contributed by atoms with van der Waals surface area (Å²) in [5, 5.41) is 3.01. The Morgan fingerprint density at radius 3 is 2.70 bits per heavy atom. The fraction of sp³-hybridized carbons (Fsp3) is 0.0667. The molecule has 0 aliphatic heterocycles. The van der Waals surface area contributed by atoms with Crippen molar-refractivity contribution >= 4 is 29.4 Å². The summed E-state index contributed by atoms with van der Waals surface area (Å²) < 4.78 is 5.06. The molecule has 0 bridgehead atoms. The first-order chi connectivity index (χ1) is 9.69. The number of carbonyl (C=O) groups excluding carboxylic acids is 1. The topological polar surface area (TPSA) is 51.2 Å². The first-order valence-corrected chi connectivity index (χ1v) is 6.30. The number of hydrogen-bond donors (Lipinski definition) is 1. The highest BCUT2D eigenvalue weighted by atomic mass is 35.5. The second-order valence-corrected chi connectivity index (χ2v) is 4.34. The highest BCUT2D eigenvalue weighted by Gasteiger charge is 2.03. The molecule has 0 radical (unpaired) electrons. The van der Waals surface area contributed by atoms with Crippen molar-refractivity contribution in [3.63, 3.8) is 0 Å². The van der Waals surface area contributed by atoms with Crippen molar-refractivity contribution in [3.05, 3.63) is 59.3 Å². The fourth-order valence-corrected chi connectivity index (χ4v) is 1.69. The lowest BCUT2D eigenvalue weighted by Gasteiger charge is -2.02. The van der Waals surface area contributed by atoms with Gasteiger partial charge in [0, 0.05) is 12.3 Å². The molecule has 0 saturated carbocycles. The number of carbonyl (C=O) groups is 1. The van der Waals surface area contributed by atoms with Crippen LogP contribution in [0.3, 0.4) is 0 Å². The first kappa shape index (κ1) is 14.1. The smallest absolute Gasteiger partial charge is 0.249 e. The average molecular weight is 289 g/mol. The molecule has 2 aromatic rings. The van der Waals surface area contributed by atoms with E-state index in [0.717, 1.165) is 11.3 Å². The molecule has 2 rings (SSSR count). The van der Waals surface area contributed by atoms with Crippen LogP contribution < -0.4 is 10.1 Å². The van der Waals surface area contributed by atoms with Crippen molar-refractivity contribution in [3.8, 4) is 5.75 Å². The highest BCUT2D eigenvalue weighted by molar-refractivity contribution is 6.33. The first-order valence-electron chi connectivity index (χ1n) is 5.92. The zero-order valence-electron chi connectivity index (χ0n) is 10.8. The fourth-order valence-electron chi connectivity index (χ4n) is 1.52. The van der Waals surface area contributed by atoms with E-state index < -0.39 is 0 Å². The Balaban J connectivity index is 2.00. The van der Waals surface area contributed by atoms with Gasteiger partial charge in [0.2, 0.25) is 5.91 Å². The number of pyridine rings is 1. The Hall–Kier alpha value is -2.33. The maximum Gasteiger partial charge on any atom is 0.249 e. The Bertz CT molecular complexity index is 624. The second kappa shape index (κ2) is 6.73. The summed E-state index contributed by atoms with van der Waals surface area (Å²) in [5.74, 6) is 0.826. The third-order valence-electron chi connectivity index (χ3n) is 2.54. The van der Waals surface area contributed by atoms with Crippen LogP contribution in [0.5, 0.6) is 5.75 Å². The van der Waals surface area contributed by atoms with E-state index in [9.17, 15) is 4.79 Å². The number of rotatable bonds is 4. The number of hydrogen-bond acceptors (Lipinski definition) is 3. The third kappa shape index (κ3) is 3.83. The number of benzene rings is 1. The Kier molecular flexibility index (Phi) is 4.74. The van der Waals surface area contributed by atoms with E-state index in [2.05, 4.69) is 10.3 Å². The van der Waals surface area contributed by atoms with Gasteiger partial charge in [-0.1, -0.05) is 23.7 Å². The molecule has 0 aliphatic rings. The van der Waals surface area contributed by atoms with Crippen LogP contribution in [-0.2, 0) is 4.79 Å². The molecule has 0 spiro atoms. The van der Waals surface area contributed by atoms with Gasteiger partial charge in [-0.2, -0.15) is 0 Å². The summed E-state index contributed by atoms with van der Waals surface area (Å²) in [4.78, 5) is 15.7. The van der Waals surface area contributed by atoms with Crippen molar-refractivity contribution in [1.29, 1.82) is 0 Å². The number of nitrogens with one attached hydrogen (secondary N) is 1. The number of ether oxygens (including phenoxy) is 1. The van der Waals surface area contributed by atoms with E-state index in [1.54, 1.807) is 31.5 Å². The minimum Gasteiger partial charge on any atom is -0.497 e. The number of anilines is 1. The molecule has 0 atom stereocenters. The van der Waals surface area contributed by atoms with Crippen molar-refractivity contribution in [2.24, 2.45) is 0 Å². The largest absolute Gasteiger partial charge is 0.497 e. The molecule has 0 fully saturated rings. The predicted molar refractivity (Wildman–Crippen MR) is 79.9 cm³/mol. The molecule has 1 amide bonds.